The molecule has 1 aliphatic rings. The molecule has 0 fully saturated rings. The number of nitrogens with two attached hydrogens (primary N) is 1. The second-order valence-corrected chi connectivity index (χ2v) is 5.17. The van der Waals surface area contributed by atoms with E-state index in [2.05, 4.69) is 0 Å². The lowest BCUT2D eigenvalue weighted by atomic mass is 10.1. The topological polar surface area (TPSA) is 46.3 Å². The fourth-order valence-electron chi connectivity index (χ4n) is 2.38. The summed E-state index contributed by atoms with van der Waals surface area (Å²) >= 11 is 5.93. The van der Waals surface area contributed by atoms with E-state index in [1.807, 2.05) is 0 Å². The van der Waals surface area contributed by atoms with Crippen molar-refractivity contribution in [3.05, 3.63) is 64.4 Å². The molecule has 0 bridgehead atoms. The van der Waals surface area contributed by atoms with Gasteiger partial charge in [-0.1, -0.05) is 23.7 Å². The van der Waals surface area contributed by atoms with E-state index in [1.165, 1.54) is 12.1 Å². The Hall–Kier alpha value is -1.91. The van der Waals surface area contributed by atoms with Gasteiger partial charge in [0.15, 0.2) is 0 Å². The molecule has 0 saturated carbocycles. The molecule has 0 saturated heterocycles. The lowest BCUT2D eigenvalue weighted by Crippen LogP contribution is -2.31. The third kappa shape index (κ3) is 2.17. The van der Waals surface area contributed by atoms with E-state index in [9.17, 15) is 9.18 Å². The monoisotopic (exact) mass is 290 g/mol. The van der Waals surface area contributed by atoms with Crippen LogP contribution in [0.4, 0.5) is 10.1 Å². The summed E-state index contributed by atoms with van der Waals surface area (Å²) in [7, 11) is 0. The minimum Gasteiger partial charge on any atom is -0.316 e. The molecule has 2 N–H and O–H groups in total. The average molecular weight is 291 g/mol. The number of hydrogen-bond donors (Lipinski definition) is 1. The van der Waals surface area contributed by atoms with E-state index in [0.29, 0.717) is 11.6 Å². The van der Waals surface area contributed by atoms with E-state index in [1.54, 1.807) is 35.2 Å². The van der Waals surface area contributed by atoms with Crippen LogP contribution in [0.25, 0.3) is 0 Å². The van der Waals surface area contributed by atoms with E-state index >= 15 is 0 Å². The van der Waals surface area contributed by atoms with Crippen LogP contribution in [0.1, 0.15) is 17.2 Å². The zero-order valence-electron chi connectivity index (χ0n) is 10.5. The maximum atomic E-state index is 12.9. The molecular formula is C15H12ClFN2O. The number of fused-ring (bicyclic) bond motifs is 1. The molecule has 2 aromatic carbocycles. The molecular weight excluding hydrogens is 279 g/mol. The first-order valence-corrected chi connectivity index (χ1v) is 6.55. The first-order chi connectivity index (χ1) is 9.56. The van der Waals surface area contributed by atoms with Crippen LogP contribution in [0.3, 0.4) is 0 Å². The Morgan fingerprint density at radius 2 is 1.90 bits per heavy atom. The number of benzene rings is 2. The molecule has 1 atom stereocenters. The highest BCUT2D eigenvalue weighted by Gasteiger charge is 2.34. The van der Waals surface area contributed by atoms with Crippen molar-refractivity contribution in [2.24, 2.45) is 5.73 Å². The number of rotatable bonds is 2. The quantitative estimate of drug-likeness (QED) is 0.924. The Labute approximate surface area is 120 Å². The molecule has 2 aromatic rings. The highest BCUT2D eigenvalue weighted by atomic mass is 35.5. The molecule has 3 rings (SSSR count). The molecule has 0 spiro atoms. The molecule has 1 heterocycles. The van der Waals surface area contributed by atoms with Crippen molar-refractivity contribution in [1.29, 1.82) is 0 Å². The van der Waals surface area contributed by atoms with Crippen LogP contribution in [0.2, 0.25) is 5.02 Å². The summed E-state index contributed by atoms with van der Waals surface area (Å²) < 4.78 is 12.9. The number of hydrogen-bond acceptors (Lipinski definition) is 2. The maximum Gasteiger partial charge on any atom is 0.248 e. The molecule has 3 nitrogen and oxygen atoms in total. The molecule has 1 unspecified atom stereocenters. The summed E-state index contributed by atoms with van der Waals surface area (Å²) in [6.07, 6.45) is 0. The van der Waals surface area contributed by atoms with Crippen LogP contribution in [-0.4, -0.2) is 5.91 Å². The first-order valence-electron chi connectivity index (χ1n) is 6.17. The van der Waals surface area contributed by atoms with Crippen molar-refractivity contribution >= 4 is 23.2 Å². The van der Waals surface area contributed by atoms with Crippen molar-refractivity contribution < 1.29 is 9.18 Å². The fourth-order valence-corrected chi connectivity index (χ4v) is 2.56. The number of anilines is 1. The van der Waals surface area contributed by atoms with Crippen molar-refractivity contribution in [3.63, 3.8) is 0 Å². The summed E-state index contributed by atoms with van der Waals surface area (Å²) in [4.78, 5) is 13.8. The second kappa shape index (κ2) is 4.89. The van der Waals surface area contributed by atoms with Crippen molar-refractivity contribution in [3.8, 4) is 0 Å². The maximum absolute atomic E-state index is 12.9. The second-order valence-electron chi connectivity index (χ2n) is 4.73. The van der Waals surface area contributed by atoms with Crippen LogP contribution in [0, 0.1) is 5.82 Å². The Morgan fingerprint density at radius 3 is 2.60 bits per heavy atom. The van der Waals surface area contributed by atoms with Crippen molar-refractivity contribution in [1.82, 2.24) is 0 Å². The van der Waals surface area contributed by atoms with Crippen LogP contribution in [0.5, 0.6) is 0 Å². The van der Waals surface area contributed by atoms with Gasteiger partial charge in [-0.05, 0) is 35.9 Å². The number of amides is 1. The molecule has 20 heavy (non-hydrogen) atoms. The summed E-state index contributed by atoms with van der Waals surface area (Å²) in [5.41, 5.74) is 8.25. The summed E-state index contributed by atoms with van der Waals surface area (Å²) in [6.45, 7) is 0.363. The van der Waals surface area contributed by atoms with Crippen LogP contribution < -0.4 is 10.6 Å². The largest absolute Gasteiger partial charge is 0.316 e. The summed E-state index contributed by atoms with van der Waals surface area (Å²) in [5.74, 6) is -0.475. The van der Waals surface area contributed by atoms with Gasteiger partial charge in [-0.3, -0.25) is 4.79 Å². The summed E-state index contributed by atoms with van der Waals surface area (Å²) in [6, 6.07) is 10.6. The van der Waals surface area contributed by atoms with Crippen molar-refractivity contribution in [2.45, 2.75) is 12.6 Å². The summed E-state index contributed by atoms with van der Waals surface area (Å²) in [5, 5.41) is 0.552. The number of carbonyl (C=O) groups is 1. The predicted molar refractivity (Wildman–Crippen MR) is 76.0 cm³/mol. The van der Waals surface area contributed by atoms with Crippen molar-refractivity contribution in [2.75, 3.05) is 4.90 Å². The minimum absolute atomic E-state index is 0.174. The van der Waals surface area contributed by atoms with E-state index < -0.39 is 6.04 Å². The van der Waals surface area contributed by atoms with Gasteiger partial charge < -0.3 is 10.6 Å². The lowest BCUT2D eigenvalue weighted by molar-refractivity contribution is -0.119. The molecule has 1 aliphatic heterocycles. The fraction of sp³-hybridized carbons (Fsp3) is 0.133. The molecule has 0 aliphatic carbocycles. The zero-order valence-corrected chi connectivity index (χ0v) is 11.3. The van der Waals surface area contributed by atoms with Gasteiger partial charge in [0.05, 0.1) is 6.54 Å². The molecule has 1 amide bonds. The Balaban J connectivity index is 1.95. The van der Waals surface area contributed by atoms with Gasteiger partial charge in [0.2, 0.25) is 5.91 Å². The number of halogens is 2. The highest BCUT2D eigenvalue weighted by molar-refractivity contribution is 6.31. The Kier molecular flexibility index (Phi) is 3.20. The van der Waals surface area contributed by atoms with Gasteiger partial charge in [-0.2, -0.15) is 0 Å². The average Bonchev–Trinajstić information content (AvgIpc) is 2.66. The van der Waals surface area contributed by atoms with Gasteiger partial charge in [0, 0.05) is 16.3 Å². The van der Waals surface area contributed by atoms with Crippen LogP contribution in [0.15, 0.2) is 42.5 Å². The van der Waals surface area contributed by atoms with Crippen LogP contribution >= 0.6 is 11.6 Å². The standard InChI is InChI=1S/C15H12ClFN2O/c16-10-3-6-13-12(7-10)14(18)15(20)19(13)8-9-1-4-11(17)5-2-9/h1-7,14H,8,18H2. The van der Waals surface area contributed by atoms with Gasteiger partial charge in [0.25, 0.3) is 0 Å². The molecule has 0 radical (unpaired) electrons. The first kappa shape index (κ1) is 13.1. The van der Waals surface area contributed by atoms with Gasteiger partial charge >= 0.3 is 0 Å². The Bertz CT molecular complexity index is 672. The van der Waals surface area contributed by atoms with E-state index in [-0.39, 0.29) is 11.7 Å². The van der Waals surface area contributed by atoms with Gasteiger partial charge in [-0.15, -0.1) is 0 Å². The third-order valence-corrected chi connectivity index (χ3v) is 3.64. The van der Waals surface area contributed by atoms with E-state index in [4.69, 9.17) is 17.3 Å². The lowest BCUT2D eigenvalue weighted by Gasteiger charge is -2.17. The molecule has 0 aromatic heterocycles. The minimum atomic E-state index is -0.691. The van der Waals surface area contributed by atoms with E-state index in [0.717, 1.165) is 16.8 Å². The SMILES string of the molecule is NC1C(=O)N(Cc2ccc(F)cc2)c2ccc(Cl)cc21. The highest BCUT2D eigenvalue weighted by Crippen LogP contribution is 2.37. The normalized spacial score (nSPS) is 17.4. The molecule has 102 valence electrons. The van der Waals surface area contributed by atoms with Gasteiger partial charge in [-0.25, -0.2) is 4.39 Å². The smallest absolute Gasteiger partial charge is 0.248 e. The zero-order chi connectivity index (χ0) is 14.3. The number of nitrogens with zero attached hydrogens (tertiary/aromatic N) is 1. The number of carbonyl (C=O) groups excluding carboxylic acids is 1. The third-order valence-electron chi connectivity index (χ3n) is 3.40. The van der Waals surface area contributed by atoms with Gasteiger partial charge in [0.1, 0.15) is 11.9 Å². The molecule has 5 heteroatoms. The van der Waals surface area contributed by atoms with Crippen LogP contribution in [-0.2, 0) is 11.3 Å². The Morgan fingerprint density at radius 1 is 1.20 bits per heavy atom. The predicted octanol–water partition coefficient (Wildman–Crippen LogP) is 3.03.